The third kappa shape index (κ3) is 17.7. The summed E-state index contributed by atoms with van der Waals surface area (Å²) in [4.78, 5) is 9.84. The van der Waals surface area contributed by atoms with Crippen LogP contribution in [-0.2, 0) is 14.3 Å². The zero-order valence-electron chi connectivity index (χ0n) is 10.7. The highest BCUT2D eigenvalue weighted by molar-refractivity contribution is 5.80. The highest BCUT2D eigenvalue weighted by Crippen LogP contribution is 2.00. The number of aliphatic hydroxyl groups is 2. The van der Waals surface area contributed by atoms with E-state index in [1.807, 2.05) is 0 Å². The predicted octanol–water partition coefficient (Wildman–Crippen LogP) is 0.892. The van der Waals surface area contributed by atoms with E-state index >= 15 is 0 Å². The number of hydrogen-bond acceptors (Lipinski definition) is 5. The van der Waals surface area contributed by atoms with Crippen molar-refractivity contribution in [3.8, 4) is 0 Å². The molecule has 0 saturated carbocycles. The van der Waals surface area contributed by atoms with Crippen LogP contribution in [0.15, 0.2) is 12.7 Å². The summed E-state index contributed by atoms with van der Waals surface area (Å²) in [5.41, 5.74) is 0. The maximum Gasteiger partial charge on any atom is 0.329 e. The van der Waals surface area contributed by atoms with Crippen LogP contribution in [0.2, 0.25) is 0 Å². The zero-order chi connectivity index (χ0) is 13.5. The molecule has 0 aliphatic heterocycles. The van der Waals surface area contributed by atoms with Gasteiger partial charge in [0, 0.05) is 6.08 Å². The molecule has 0 bridgehead atoms. The van der Waals surface area contributed by atoms with Crippen LogP contribution < -0.4 is 0 Å². The molecule has 0 aromatic rings. The van der Waals surface area contributed by atoms with Crippen LogP contribution in [0.25, 0.3) is 0 Å². The van der Waals surface area contributed by atoms with Crippen LogP contribution in [0, 0.1) is 0 Å². The minimum Gasteiger partial charge on any atom is -0.466 e. The van der Waals surface area contributed by atoms with Crippen molar-refractivity contribution in [1.29, 1.82) is 0 Å². The number of ether oxygens (including phenoxy) is 2. The molecule has 0 radical (unpaired) electrons. The molecule has 0 aliphatic carbocycles. The van der Waals surface area contributed by atoms with Gasteiger partial charge in [0.15, 0.2) is 0 Å². The molecule has 17 heavy (non-hydrogen) atoms. The standard InChI is InChI=1S/C8H18O3.C4H6O2/c1-2-3-4-8(10)7-11-6-5-9;1-3-4(5)6-2/h8-10H,2-7H2,1H3;3H,1H2,2H3. The van der Waals surface area contributed by atoms with Crippen LogP contribution >= 0.6 is 0 Å². The lowest BCUT2D eigenvalue weighted by molar-refractivity contribution is -0.134. The fraction of sp³-hybridized carbons (Fsp3) is 0.750. The Morgan fingerprint density at radius 1 is 1.53 bits per heavy atom. The number of esters is 1. The van der Waals surface area contributed by atoms with Crippen molar-refractivity contribution in [2.45, 2.75) is 32.3 Å². The lowest BCUT2D eigenvalue weighted by atomic mass is 10.2. The molecule has 5 nitrogen and oxygen atoms in total. The molecule has 0 aliphatic rings. The van der Waals surface area contributed by atoms with Gasteiger partial charge in [0.2, 0.25) is 0 Å². The van der Waals surface area contributed by atoms with Crippen LogP contribution in [0.1, 0.15) is 26.2 Å². The maximum absolute atomic E-state index is 9.84. The summed E-state index contributed by atoms with van der Waals surface area (Å²) >= 11 is 0. The van der Waals surface area contributed by atoms with Crippen LogP contribution in [0.5, 0.6) is 0 Å². The third-order valence-corrected chi connectivity index (χ3v) is 1.80. The molecular formula is C12H24O5. The largest absolute Gasteiger partial charge is 0.466 e. The quantitative estimate of drug-likeness (QED) is 0.379. The van der Waals surface area contributed by atoms with E-state index in [0.29, 0.717) is 13.2 Å². The maximum atomic E-state index is 9.84. The van der Waals surface area contributed by atoms with Gasteiger partial charge in [-0.2, -0.15) is 0 Å². The average Bonchev–Trinajstić information content (AvgIpc) is 2.36. The number of rotatable bonds is 8. The molecule has 1 atom stereocenters. The summed E-state index contributed by atoms with van der Waals surface area (Å²) in [6, 6.07) is 0. The van der Waals surface area contributed by atoms with E-state index in [-0.39, 0.29) is 12.7 Å². The van der Waals surface area contributed by atoms with Crippen LogP contribution in [0.4, 0.5) is 0 Å². The van der Waals surface area contributed by atoms with Gasteiger partial charge in [-0.05, 0) is 6.42 Å². The third-order valence-electron chi connectivity index (χ3n) is 1.80. The molecule has 0 heterocycles. The topological polar surface area (TPSA) is 76.0 Å². The Balaban J connectivity index is 0. The first-order valence-electron chi connectivity index (χ1n) is 5.69. The van der Waals surface area contributed by atoms with Crippen molar-refractivity contribution in [1.82, 2.24) is 0 Å². The summed E-state index contributed by atoms with van der Waals surface area (Å²) in [5.74, 6) is -0.394. The fourth-order valence-electron chi connectivity index (χ4n) is 0.890. The van der Waals surface area contributed by atoms with Crippen LogP contribution in [0.3, 0.4) is 0 Å². The molecule has 0 spiro atoms. The molecule has 0 amide bonds. The molecule has 102 valence electrons. The van der Waals surface area contributed by atoms with Gasteiger partial charge in [-0.15, -0.1) is 0 Å². The first-order valence-corrected chi connectivity index (χ1v) is 5.69. The molecule has 2 N–H and O–H groups in total. The number of hydrogen-bond donors (Lipinski definition) is 2. The second kappa shape index (κ2) is 15.1. The van der Waals surface area contributed by atoms with E-state index in [9.17, 15) is 9.90 Å². The van der Waals surface area contributed by atoms with Gasteiger partial charge in [0.1, 0.15) is 0 Å². The molecule has 0 aromatic carbocycles. The summed E-state index contributed by atoms with van der Waals surface area (Å²) in [6.45, 7) is 5.94. The number of aliphatic hydroxyl groups excluding tert-OH is 2. The van der Waals surface area contributed by atoms with E-state index in [4.69, 9.17) is 9.84 Å². The fourth-order valence-corrected chi connectivity index (χ4v) is 0.890. The molecular weight excluding hydrogens is 224 g/mol. The molecule has 5 heteroatoms. The van der Waals surface area contributed by atoms with Gasteiger partial charge in [-0.25, -0.2) is 4.79 Å². The molecule has 0 saturated heterocycles. The van der Waals surface area contributed by atoms with Gasteiger partial charge in [0.25, 0.3) is 0 Å². The van der Waals surface area contributed by atoms with Gasteiger partial charge in [0.05, 0.1) is 33.0 Å². The van der Waals surface area contributed by atoms with E-state index in [0.717, 1.165) is 25.3 Å². The van der Waals surface area contributed by atoms with E-state index in [1.54, 1.807) is 0 Å². The Bertz CT molecular complexity index is 182. The number of unbranched alkanes of at least 4 members (excludes halogenated alkanes) is 1. The summed E-state index contributed by atoms with van der Waals surface area (Å²) in [5, 5.41) is 17.5. The smallest absolute Gasteiger partial charge is 0.329 e. The van der Waals surface area contributed by atoms with Crippen molar-refractivity contribution in [3.05, 3.63) is 12.7 Å². The second-order valence-corrected chi connectivity index (χ2v) is 3.32. The normalized spacial score (nSPS) is 11.1. The van der Waals surface area contributed by atoms with Crippen LogP contribution in [-0.4, -0.2) is 49.2 Å². The Hall–Kier alpha value is -0.910. The van der Waals surface area contributed by atoms with Crippen molar-refractivity contribution >= 4 is 5.97 Å². The van der Waals surface area contributed by atoms with Gasteiger partial charge in [-0.3, -0.25) is 0 Å². The van der Waals surface area contributed by atoms with Gasteiger partial charge >= 0.3 is 5.97 Å². The Morgan fingerprint density at radius 3 is 2.53 bits per heavy atom. The van der Waals surface area contributed by atoms with Gasteiger partial charge in [-0.1, -0.05) is 26.3 Å². The monoisotopic (exact) mass is 248 g/mol. The van der Waals surface area contributed by atoms with Gasteiger partial charge < -0.3 is 19.7 Å². The molecule has 0 aromatic heterocycles. The number of carbonyl (C=O) groups excluding carboxylic acids is 1. The average molecular weight is 248 g/mol. The van der Waals surface area contributed by atoms with E-state index in [2.05, 4.69) is 18.2 Å². The predicted molar refractivity (Wildman–Crippen MR) is 65.6 cm³/mol. The Kier molecular flexibility index (Phi) is 16.4. The Morgan fingerprint density at radius 2 is 2.18 bits per heavy atom. The molecule has 0 rings (SSSR count). The first kappa shape index (κ1) is 18.5. The summed E-state index contributed by atoms with van der Waals surface area (Å²) < 4.78 is 9.08. The van der Waals surface area contributed by atoms with Crippen molar-refractivity contribution < 1.29 is 24.5 Å². The van der Waals surface area contributed by atoms with Crippen molar-refractivity contribution in [2.24, 2.45) is 0 Å². The highest BCUT2D eigenvalue weighted by Gasteiger charge is 2.01. The Labute approximate surface area is 103 Å². The SMILES string of the molecule is C=CC(=O)OC.CCCCC(O)COCCO. The number of carbonyl (C=O) groups is 1. The lowest BCUT2D eigenvalue weighted by Gasteiger charge is -2.09. The van der Waals surface area contributed by atoms with E-state index in [1.165, 1.54) is 7.11 Å². The minimum atomic E-state index is -0.394. The van der Waals surface area contributed by atoms with Crippen molar-refractivity contribution in [2.75, 3.05) is 26.9 Å². The lowest BCUT2D eigenvalue weighted by Crippen LogP contribution is -2.16. The number of methoxy groups -OCH3 is 1. The highest BCUT2D eigenvalue weighted by atomic mass is 16.5. The zero-order valence-corrected chi connectivity index (χ0v) is 10.7. The molecule has 1 unspecified atom stereocenters. The van der Waals surface area contributed by atoms with Crippen molar-refractivity contribution in [3.63, 3.8) is 0 Å². The summed E-state index contributed by atoms with van der Waals surface area (Å²) in [6.07, 6.45) is 3.67. The summed E-state index contributed by atoms with van der Waals surface area (Å²) in [7, 11) is 1.31. The first-order chi connectivity index (χ1) is 8.12. The molecule has 0 fully saturated rings. The van der Waals surface area contributed by atoms with E-state index < -0.39 is 5.97 Å². The minimum absolute atomic E-state index is 0.0283. The second-order valence-electron chi connectivity index (χ2n) is 3.32.